The first-order valence-electron chi connectivity index (χ1n) is 9.81. The van der Waals surface area contributed by atoms with Gasteiger partial charge in [0.1, 0.15) is 0 Å². The molecule has 0 amide bonds. The minimum Gasteiger partial charge on any atom is -0.0819 e. The maximum atomic E-state index is 2.39. The van der Waals surface area contributed by atoms with Gasteiger partial charge in [0.15, 0.2) is 13.4 Å². The molecular formula is C23H28B2. The summed E-state index contributed by atoms with van der Waals surface area (Å²) in [6.45, 7) is 14.3. The zero-order valence-corrected chi connectivity index (χ0v) is 16.5. The Bertz CT molecular complexity index is 934. The molecule has 0 fully saturated rings. The first-order valence-corrected chi connectivity index (χ1v) is 9.81. The smallest absolute Gasteiger partial charge is 0.0819 e. The Labute approximate surface area is 153 Å². The topological polar surface area (TPSA) is 0 Å². The first kappa shape index (κ1) is 17.9. The third-order valence-corrected chi connectivity index (χ3v) is 5.43. The fourth-order valence-corrected chi connectivity index (χ4v) is 3.74. The summed E-state index contributed by atoms with van der Waals surface area (Å²) in [5.41, 5.74) is 2.89. The van der Waals surface area contributed by atoms with Gasteiger partial charge in [0, 0.05) is 0 Å². The van der Waals surface area contributed by atoms with E-state index >= 15 is 0 Å². The summed E-state index contributed by atoms with van der Waals surface area (Å²) in [6.07, 6.45) is 1.19. The maximum Gasteiger partial charge on any atom is 0.172 e. The monoisotopic (exact) mass is 326 g/mol. The Balaban J connectivity index is 0.000000880. The Morgan fingerprint density at radius 3 is 1.32 bits per heavy atom. The van der Waals surface area contributed by atoms with Gasteiger partial charge in [0.05, 0.1) is 0 Å². The first-order chi connectivity index (χ1) is 12.1. The normalized spacial score (nSPS) is 11.0. The highest BCUT2D eigenvalue weighted by atomic mass is 14.1. The highest BCUT2D eigenvalue weighted by molar-refractivity contribution is 6.72. The van der Waals surface area contributed by atoms with E-state index in [4.69, 9.17) is 0 Å². The van der Waals surface area contributed by atoms with Crippen molar-refractivity contribution in [2.75, 3.05) is 0 Å². The molecule has 25 heavy (non-hydrogen) atoms. The van der Waals surface area contributed by atoms with Crippen LogP contribution in [-0.4, -0.2) is 13.4 Å². The summed E-state index contributed by atoms with van der Waals surface area (Å²) in [5.74, 6) is 0. The van der Waals surface area contributed by atoms with Crippen LogP contribution >= 0.6 is 0 Å². The zero-order valence-electron chi connectivity index (χ0n) is 16.5. The van der Waals surface area contributed by atoms with E-state index in [1.165, 1.54) is 49.6 Å². The Morgan fingerprint density at radius 1 is 0.640 bits per heavy atom. The van der Waals surface area contributed by atoms with Crippen LogP contribution in [0.4, 0.5) is 0 Å². The van der Waals surface area contributed by atoms with Gasteiger partial charge in [-0.15, -0.1) is 0 Å². The maximum absolute atomic E-state index is 2.39. The molecule has 0 aliphatic heterocycles. The van der Waals surface area contributed by atoms with E-state index in [9.17, 15) is 0 Å². The molecule has 4 aromatic rings. The van der Waals surface area contributed by atoms with Crippen LogP contribution in [0.2, 0.25) is 26.8 Å². The van der Waals surface area contributed by atoms with Gasteiger partial charge in [-0.2, -0.15) is 0 Å². The van der Waals surface area contributed by atoms with Gasteiger partial charge in [0.25, 0.3) is 0 Å². The Morgan fingerprint density at radius 2 is 1.00 bits per heavy atom. The average molecular weight is 326 g/mol. The number of benzene rings is 4. The van der Waals surface area contributed by atoms with Crippen molar-refractivity contribution in [1.29, 1.82) is 0 Å². The van der Waals surface area contributed by atoms with Crippen LogP contribution in [0.15, 0.2) is 48.5 Å². The lowest BCUT2D eigenvalue weighted by atomic mass is 9.45. The molecule has 0 bridgehead atoms. The van der Waals surface area contributed by atoms with Gasteiger partial charge >= 0.3 is 0 Å². The van der Waals surface area contributed by atoms with Crippen LogP contribution in [0, 0.1) is 0 Å². The predicted octanol–water partition coefficient (Wildman–Crippen LogP) is 5.92. The van der Waals surface area contributed by atoms with Crippen LogP contribution in [0.25, 0.3) is 32.3 Å². The number of rotatable bonds is 3. The van der Waals surface area contributed by atoms with E-state index in [1.54, 1.807) is 0 Å². The van der Waals surface area contributed by atoms with E-state index in [-0.39, 0.29) is 0 Å². The van der Waals surface area contributed by atoms with Gasteiger partial charge < -0.3 is 0 Å². The van der Waals surface area contributed by atoms with Crippen molar-refractivity contribution in [3.63, 3.8) is 0 Å². The van der Waals surface area contributed by atoms with Crippen molar-refractivity contribution in [3.8, 4) is 0 Å². The quantitative estimate of drug-likeness (QED) is 0.324. The number of hydrogen-bond acceptors (Lipinski definition) is 0. The second-order valence-corrected chi connectivity index (χ2v) is 7.28. The summed E-state index contributed by atoms with van der Waals surface area (Å²) in [7, 11) is 0. The third-order valence-electron chi connectivity index (χ3n) is 5.43. The Hall–Kier alpha value is -1.95. The van der Waals surface area contributed by atoms with E-state index in [2.05, 4.69) is 75.9 Å². The second-order valence-electron chi connectivity index (χ2n) is 7.28. The second kappa shape index (κ2) is 7.12. The zero-order chi connectivity index (χ0) is 18.1. The van der Waals surface area contributed by atoms with Crippen LogP contribution in [0.5, 0.6) is 0 Å². The molecule has 0 radical (unpaired) electrons. The largest absolute Gasteiger partial charge is 0.172 e. The van der Waals surface area contributed by atoms with Crippen molar-refractivity contribution in [1.82, 2.24) is 0 Å². The molecule has 0 atom stereocenters. The fourth-order valence-electron chi connectivity index (χ4n) is 3.74. The lowest BCUT2D eigenvalue weighted by Crippen LogP contribution is -2.25. The molecule has 4 rings (SSSR count). The minimum atomic E-state index is 0.564. The summed E-state index contributed by atoms with van der Waals surface area (Å²) in [4.78, 5) is 0. The SMILES string of the molecule is CC.CCB(C)c1cc2ccc3cc(B(C)C)cc4ccc(c1)c2c34. The van der Waals surface area contributed by atoms with Gasteiger partial charge in [-0.25, -0.2) is 0 Å². The molecule has 0 unspecified atom stereocenters. The molecule has 4 aromatic carbocycles. The molecule has 0 nitrogen and oxygen atoms in total. The van der Waals surface area contributed by atoms with Gasteiger partial charge in [-0.3, -0.25) is 0 Å². The molecule has 0 aliphatic carbocycles. The molecule has 0 heterocycles. The summed E-state index contributed by atoms with van der Waals surface area (Å²) in [6, 6.07) is 18.7. The highest BCUT2D eigenvalue weighted by Gasteiger charge is 2.14. The van der Waals surface area contributed by atoms with Crippen molar-refractivity contribution in [3.05, 3.63) is 48.5 Å². The van der Waals surface area contributed by atoms with Gasteiger partial charge in [-0.05, 0) is 32.3 Å². The van der Waals surface area contributed by atoms with E-state index in [0.717, 1.165) is 0 Å². The lowest BCUT2D eigenvalue weighted by Gasteiger charge is -2.15. The molecule has 0 saturated carbocycles. The van der Waals surface area contributed by atoms with Crippen molar-refractivity contribution < 1.29 is 0 Å². The molecule has 0 aromatic heterocycles. The highest BCUT2D eigenvalue weighted by Crippen LogP contribution is 2.33. The summed E-state index contributed by atoms with van der Waals surface area (Å²) >= 11 is 0. The molecule has 126 valence electrons. The predicted molar refractivity (Wildman–Crippen MR) is 120 cm³/mol. The molecule has 0 spiro atoms. The van der Waals surface area contributed by atoms with Gasteiger partial charge in [0.2, 0.25) is 0 Å². The van der Waals surface area contributed by atoms with E-state index < -0.39 is 0 Å². The van der Waals surface area contributed by atoms with Crippen molar-refractivity contribution in [2.24, 2.45) is 0 Å². The van der Waals surface area contributed by atoms with Crippen LogP contribution in [0.3, 0.4) is 0 Å². The molecule has 0 saturated heterocycles. The molecular weight excluding hydrogens is 298 g/mol. The van der Waals surface area contributed by atoms with Crippen LogP contribution in [-0.2, 0) is 0 Å². The van der Waals surface area contributed by atoms with E-state index in [0.29, 0.717) is 13.4 Å². The number of hydrogen-bond donors (Lipinski definition) is 0. The average Bonchev–Trinajstić information content (AvgIpc) is 2.66. The van der Waals surface area contributed by atoms with Crippen LogP contribution < -0.4 is 10.9 Å². The van der Waals surface area contributed by atoms with Gasteiger partial charge in [-0.1, -0.05) is 107 Å². The fraction of sp³-hybridized carbons (Fsp3) is 0.304. The van der Waals surface area contributed by atoms with Crippen molar-refractivity contribution >= 4 is 56.7 Å². The molecule has 0 N–H and O–H groups in total. The lowest BCUT2D eigenvalue weighted by molar-refractivity contribution is 1.43. The summed E-state index contributed by atoms with van der Waals surface area (Å²) in [5, 5.41) is 8.38. The Kier molecular flexibility index (Phi) is 5.08. The summed E-state index contributed by atoms with van der Waals surface area (Å²) < 4.78 is 0. The third kappa shape index (κ3) is 3.03. The van der Waals surface area contributed by atoms with Crippen LogP contribution in [0.1, 0.15) is 20.8 Å². The molecule has 0 aliphatic rings. The molecule has 2 heteroatoms. The van der Waals surface area contributed by atoms with E-state index in [1.807, 2.05) is 13.8 Å². The standard InChI is InChI=1S/C21H22B2.C2H6/c1-5-23(4)19-12-16-8-6-14-10-18(22(2)3)11-15-7-9-17(13-19)21(16)20(14)15;1-2/h6-13H,5H2,1-4H3;1-2H3. The van der Waals surface area contributed by atoms with Crippen molar-refractivity contribution in [2.45, 2.75) is 47.6 Å². The minimum absolute atomic E-state index is 0.564.